The van der Waals surface area contributed by atoms with Crippen molar-refractivity contribution in [1.82, 2.24) is 4.72 Å². The predicted octanol–water partition coefficient (Wildman–Crippen LogP) is 6.79. The smallest absolute Gasteiger partial charge is 0.406 e. The fourth-order valence-electron chi connectivity index (χ4n) is 5.49. The second kappa shape index (κ2) is 10.4. The molecule has 3 atom stereocenters. The summed E-state index contributed by atoms with van der Waals surface area (Å²) in [7, 11) is -1.56. The highest BCUT2D eigenvalue weighted by molar-refractivity contribution is 7.91. The highest BCUT2D eigenvalue weighted by atomic mass is 32.2. The second-order valence-corrected chi connectivity index (χ2v) is 11.6. The van der Waals surface area contributed by atoms with Crippen molar-refractivity contribution in [1.29, 1.82) is 0 Å². The largest absolute Gasteiger partial charge is 0.573 e. The summed E-state index contributed by atoms with van der Waals surface area (Å²) in [5.41, 5.74) is 5.09. The minimum Gasteiger partial charge on any atom is -0.406 e. The molecule has 5 nitrogen and oxygen atoms in total. The number of benzene rings is 3. The van der Waals surface area contributed by atoms with Gasteiger partial charge in [-0.1, -0.05) is 36.4 Å². The lowest BCUT2D eigenvalue weighted by atomic mass is 9.89. The Morgan fingerprint density at radius 3 is 2.08 bits per heavy atom. The van der Waals surface area contributed by atoms with E-state index < -0.39 is 16.3 Å². The van der Waals surface area contributed by atoms with Crippen molar-refractivity contribution in [2.24, 2.45) is 4.36 Å². The lowest BCUT2D eigenvalue weighted by Gasteiger charge is -2.40. The van der Waals surface area contributed by atoms with E-state index in [9.17, 15) is 17.4 Å². The van der Waals surface area contributed by atoms with E-state index >= 15 is 0 Å². The molecular weight excluding hydrogens is 499 g/mol. The van der Waals surface area contributed by atoms with Crippen molar-refractivity contribution in [3.05, 3.63) is 83.9 Å². The van der Waals surface area contributed by atoms with Crippen LogP contribution in [0.2, 0.25) is 0 Å². The number of hydrogen-bond acceptors (Lipinski definition) is 4. The van der Waals surface area contributed by atoms with Gasteiger partial charge < -0.3 is 9.64 Å². The third-order valence-corrected chi connectivity index (χ3v) is 9.22. The van der Waals surface area contributed by atoms with Crippen LogP contribution in [0.1, 0.15) is 36.8 Å². The Morgan fingerprint density at radius 1 is 0.919 bits per heavy atom. The van der Waals surface area contributed by atoms with E-state index in [-0.39, 0.29) is 17.8 Å². The molecule has 1 N–H and O–H groups in total. The van der Waals surface area contributed by atoms with Crippen LogP contribution < -0.4 is 14.4 Å². The number of aryl methyl sites for hydroxylation is 2. The molecule has 196 valence electrons. The van der Waals surface area contributed by atoms with Crippen molar-refractivity contribution in [3.63, 3.8) is 0 Å². The summed E-state index contributed by atoms with van der Waals surface area (Å²) in [6.07, 6.45) is 0.761. The Hall–Kier alpha value is -3.04. The van der Waals surface area contributed by atoms with Crippen molar-refractivity contribution in [2.75, 3.05) is 11.9 Å². The highest BCUT2D eigenvalue weighted by Gasteiger charge is 2.33. The van der Waals surface area contributed by atoms with Crippen LogP contribution in [0.3, 0.4) is 0 Å². The zero-order valence-corrected chi connectivity index (χ0v) is 21.4. The van der Waals surface area contributed by atoms with Crippen molar-refractivity contribution >= 4 is 21.3 Å². The fourth-order valence-corrected chi connectivity index (χ4v) is 7.11. The Balaban J connectivity index is 1.40. The van der Waals surface area contributed by atoms with Crippen LogP contribution in [0.15, 0.2) is 82.1 Å². The van der Waals surface area contributed by atoms with Gasteiger partial charge in [0.15, 0.2) is 0 Å². The van der Waals surface area contributed by atoms with Gasteiger partial charge in [-0.3, -0.25) is 0 Å². The average molecular weight is 530 g/mol. The summed E-state index contributed by atoms with van der Waals surface area (Å²) in [4.78, 5) is 2.79. The van der Waals surface area contributed by atoms with Gasteiger partial charge in [0.2, 0.25) is 0 Å². The third kappa shape index (κ3) is 5.62. The molecule has 1 heterocycles. The SMILES string of the molecule is CN=S(=O)(NC1CCCC(N2c3ccccc3CCc3ccccc32)C1)c1ccc(OC(F)(F)F)cc1. The van der Waals surface area contributed by atoms with Crippen LogP contribution in [0.4, 0.5) is 24.5 Å². The fraction of sp³-hybridized carbons (Fsp3) is 0.357. The van der Waals surface area contributed by atoms with Gasteiger partial charge in [0.05, 0.1) is 4.90 Å². The molecule has 0 spiro atoms. The maximum absolute atomic E-state index is 13.8. The quantitative estimate of drug-likeness (QED) is 0.396. The molecule has 0 bridgehead atoms. The zero-order valence-electron chi connectivity index (χ0n) is 20.6. The molecule has 0 aromatic heterocycles. The first kappa shape index (κ1) is 25.6. The van der Waals surface area contributed by atoms with Crippen molar-refractivity contribution in [2.45, 2.75) is 61.9 Å². The number of alkyl halides is 3. The molecule has 1 fully saturated rings. The number of fused-ring (bicyclic) bond motifs is 2. The van der Waals surface area contributed by atoms with E-state index in [0.717, 1.165) is 38.5 Å². The van der Waals surface area contributed by atoms with Crippen LogP contribution >= 0.6 is 0 Å². The topological polar surface area (TPSA) is 53.9 Å². The average Bonchev–Trinajstić information content (AvgIpc) is 3.05. The predicted molar refractivity (Wildman–Crippen MR) is 139 cm³/mol. The first-order chi connectivity index (χ1) is 17.8. The Labute approximate surface area is 216 Å². The van der Waals surface area contributed by atoms with Gasteiger partial charge in [-0.25, -0.2) is 13.3 Å². The van der Waals surface area contributed by atoms with Crippen LogP contribution in [-0.4, -0.2) is 29.7 Å². The van der Waals surface area contributed by atoms with Gasteiger partial charge in [0, 0.05) is 30.5 Å². The molecule has 5 rings (SSSR count). The van der Waals surface area contributed by atoms with Crippen LogP contribution in [-0.2, 0) is 22.8 Å². The van der Waals surface area contributed by atoms with Gasteiger partial charge in [0.1, 0.15) is 15.7 Å². The van der Waals surface area contributed by atoms with Crippen LogP contribution in [0.25, 0.3) is 0 Å². The molecule has 2 aliphatic rings. The number of nitrogens with one attached hydrogen (secondary N) is 1. The Morgan fingerprint density at radius 2 is 1.51 bits per heavy atom. The zero-order chi connectivity index (χ0) is 26.0. The molecule has 0 amide bonds. The van der Waals surface area contributed by atoms with Gasteiger partial charge in [-0.15, -0.1) is 13.2 Å². The number of hydrogen-bond donors (Lipinski definition) is 1. The molecule has 3 unspecified atom stereocenters. The Kier molecular flexibility index (Phi) is 7.18. The molecule has 1 aliphatic carbocycles. The lowest BCUT2D eigenvalue weighted by molar-refractivity contribution is -0.274. The maximum Gasteiger partial charge on any atom is 0.573 e. The molecule has 3 aromatic carbocycles. The molecule has 3 aromatic rings. The summed E-state index contributed by atoms with van der Waals surface area (Å²) < 4.78 is 62.8. The molecule has 9 heteroatoms. The molecular formula is C28H30F3N3O2S. The maximum atomic E-state index is 13.8. The molecule has 37 heavy (non-hydrogen) atoms. The number of rotatable bonds is 5. The van der Waals surface area contributed by atoms with Crippen molar-refractivity contribution in [3.8, 4) is 5.75 Å². The summed E-state index contributed by atoms with van der Waals surface area (Å²) >= 11 is 0. The van der Waals surface area contributed by atoms with E-state index in [4.69, 9.17) is 0 Å². The lowest BCUT2D eigenvalue weighted by Crippen LogP contribution is -2.44. The number of para-hydroxylation sites is 2. The van der Waals surface area contributed by atoms with Crippen LogP contribution in [0.5, 0.6) is 5.75 Å². The molecule has 1 saturated carbocycles. The first-order valence-corrected chi connectivity index (χ1v) is 14.0. The Bertz CT molecular complexity index is 1320. The number of anilines is 2. The van der Waals surface area contributed by atoms with Gasteiger partial charge in [-0.05, 0) is 86.1 Å². The minimum absolute atomic E-state index is 0.0661. The van der Waals surface area contributed by atoms with E-state index in [1.165, 1.54) is 53.8 Å². The number of nitrogens with zero attached hydrogens (tertiary/aromatic N) is 2. The van der Waals surface area contributed by atoms with E-state index in [1.54, 1.807) is 0 Å². The summed E-state index contributed by atoms with van der Waals surface area (Å²) in [5.74, 6) is -0.356. The van der Waals surface area contributed by atoms with Gasteiger partial charge in [-0.2, -0.15) is 0 Å². The van der Waals surface area contributed by atoms with Gasteiger partial charge >= 0.3 is 6.36 Å². The van der Waals surface area contributed by atoms with Crippen molar-refractivity contribution < 1.29 is 22.1 Å². The van der Waals surface area contributed by atoms with Crippen LogP contribution in [0, 0.1) is 0 Å². The minimum atomic E-state index is -4.78. The summed E-state index contributed by atoms with van der Waals surface area (Å²) in [6, 6.07) is 22.3. The second-order valence-electron chi connectivity index (χ2n) is 9.49. The summed E-state index contributed by atoms with van der Waals surface area (Å²) in [5, 5.41) is 0. The van der Waals surface area contributed by atoms with E-state index in [0.29, 0.717) is 4.90 Å². The van der Waals surface area contributed by atoms with E-state index in [1.807, 2.05) is 0 Å². The number of halogens is 3. The standard InChI is InChI=1S/C28H30F3N3O2S/c1-32-37(35,25-17-15-24(16-18-25)36-28(29,30)31)33-22-9-6-10-23(19-22)34-26-11-4-2-7-20(26)13-14-21-8-3-5-12-27(21)34/h2-5,7-8,11-12,15-18,22-23H,6,9-10,13-14,19H2,1H3,(H,32,33,35). The number of ether oxygens (including phenoxy) is 1. The van der Waals surface area contributed by atoms with E-state index in [2.05, 4.69) is 67.3 Å². The van der Waals surface area contributed by atoms with Gasteiger partial charge in [0.25, 0.3) is 0 Å². The molecule has 1 aliphatic heterocycles. The first-order valence-electron chi connectivity index (χ1n) is 12.5. The molecule has 0 radical (unpaired) electrons. The normalized spacial score (nSPS) is 21.2. The summed E-state index contributed by atoms with van der Waals surface area (Å²) in [6.45, 7) is 0. The third-order valence-electron chi connectivity index (χ3n) is 7.14. The monoisotopic (exact) mass is 529 g/mol. The highest BCUT2D eigenvalue weighted by Crippen LogP contribution is 2.41. The molecule has 0 saturated heterocycles.